The van der Waals surface area contributed by atoms with E-state index in [9.17, 15) is 14.4 Å². The van der Waals surface area contributed by atoms with E-state index in [2.05, 4.69) is 48.1 Å². The number of carbonyl (C=O) groups excluding carboxylic acids is 3. The van der Waals surface area contributed by atoms with Gasteiger partial charge in [-0.15, -0.1) is 0 Å². The van der Waals surface area contributed by atoms with Crippen molar-refractivity contribution in [3.8, 4) is 22.4 Å². The van der Waals surface area contributed by atoms with Crippen molar-refractivity contribution < 1.29 is 19.1 Å². The molecule has 4 aromatic rings. The molecule has 0 bridgehead atoms. The van der Waals surface area contributed by atoms with Gasteiger partial charge in [-0.05, 0) is 76.0 Å². The van der Waals surface area contributed by atoms with E-state index in [0.29, 0.717) is 57.3 Å². The molecular formula is C37H49ClN8O4S. The minimum atomic E-state index is -0.605. The molecule has 12 nitrogen and oxygen atoms in total. The average Bonchev–Trinajstić information content (AvgIpc) is 3.59. The van der Waals surface area contributed by atoms with E-state index < -0.39 is 15.9 Å². The lowest BCUT2D eigenvalue weighted by atomic mass is 10.0. The molecule has 2 aromatic heterocycles. The van der Waals surface area contributed by atoms with Gasteiger partial charge in [0, 0.05) is 55.9 Å². The van der Waals surface area contributed by atoms with Crippen LogP contribution < -0.4 is 5.32 Å². The summed E-state index contributed by atoms with van der Waals surface area (Å²) in [5.41, 5.74) is 6.61. The summed E-state index contributed by atoms with van der Waals surface area (Å²) < 4.78 is 9.60. The Morgan fingerprint density at radius 2 is 1.61 bits per heavy atom. The first-order valence-electron chi connectivity index (χ1n) is 16.9. The minimum absolute atomic E-state index is 0.0433. The van der Waals surface area contributed by atoms with E-state index in [0.717, 1.165) is 39.5 Å². The number of anilines is 1. The maximum atomic E-state index is 13.3. The Bertz CT molecular complexity index is 1890. The van der Waals surface area contributed by atoms with Gasteiger partial charge < -0.3 is 29.3 Å². The molecule has 3 amide bonds. The van der Waals surface area contributed by atoms with Crippen LogP contribution in [0.4, 0.5) is 5.69 Å². The highest BCUT2D eigenvalue weighted by Crippen LogP contribution is 2.34. The predicted molar refractivity (Wildman–Crippen MR) is 206 cm³/mol. The van der Waals surface area contributed by atoms with E-state index in [4.69, 9.17) is 21.4 Å². The number of halogens is 1. The van der Waals surface area contributed by atoms with Crippen molar-refractivity contribution in [1.82, 2.24) is 34.0 Å². The number of ether oxygens (including phenoxy) is 1. The summed E-state index contributed by atoms with van der Waals surface area (Å²) in [5, 5.41) is 7.81. The number of nitrogens with zero attached hydrogens (tertiary/aromatic N) is 7. The lowest BCUT2D eigenvalue weighted by molar-refractivity contribution is -0.133. The van der Waals surface area contributed by atoms with E-state index in [1.165, 1.54) is 0 Å². The highest BCUT2D eigenvalue weighted by atomic mass is 35.5. The average molecular weight is 737 g/mol. The first kappa shape index (κ1) is 38.1. The van der Waals surface area contributed by atoms with Crippen molar-refractivity contribution in [3.63, 3.8) is 0 Å². The lowest BCUT2D eigenvalue weighted by Gasteiger charge is -2.35. The van der Waals surface area contributed by atoms with Gasteiger partial charge in [-0.2, -0.15) is 5.10 Å². The SMILES string of the molecule is Cc1nn(COCCS(C)(C)C)c(C)c1-c1ccc(-c2cnc(C(=O)Nc3ccc(C(=O)N4CCN(C(=O)CN(C)C)CC4)c(Cl)c3)n2C)cc1. The first-order valence-corrected chi connectivity index (χ1v) is 20.3. The number of hydrogen-bond acceptors (Lipinski definition) is 7. The van der Waals surface area contributed by atoms with Crippen LogP contribution in [0.5, 0.6) is 0 Å². The van der Waals surface area contributed by atoms with Gasteiger partial charge in [-0.1, -0.05) is 35.9 Å². The highest BCUT2D eigenvalue weighted by Gasteiger charge is 2.26. The maximum Gasteiger partial charge on any atom is 0.291 e. The Morgan fingerprint density at radius 1 is 0.961 bits per heavy atom. The van der Waals surface area contributed by atoms with E-state index in [-0.39, 0.29) is 22.7 Å². The molecule has 51 heavy (non-hydrogen) atoms. The number of nitrogens with one attached hydrogen (secondary N) is 1. The zero-order valence-electron chi connectivity index (χ0n) is 30.8. The van der Waals surface area contributed by atoms with Crippen LogP contribution in [0.1, 0.15) is 32.4 Å². The van der Waals surface area contributed by atoms with E-state index in [1.54, 1.807) is 45.8 Å². The van der Waals surface area contributed by atoms with Gasteiger partial charge in [0.1, 0.15) is 6.73 Å². The van der Waals surface area contributed by atoms with Crippen molar-refractivity contribution in [2.45, 2.75) is 20.6 Å². The van der Waals surface area contributed by atoms with Crippen molar-refractivity contribution >= 4 is 45.0 Å². The van der Waals surface area contributed by atoms with Gasteiger partial charge in [-0.25, -0.2) is 19.7 Å². The monoisotopic (exact) mass is 736 g/mol. The van der Waals surface area contributed by atoms with Crippen LogP contribution in [0.3, 0.4) is 0 Å². The van der Waals surface area contributed by atoms with Crippen LogP contribution >= 0.6 is 21.6 Å². The Hall–Kier alpha value is -4.17. The second kappa shape index (κ2) is 16.0. The summed E-state index contributed by atoms with van der Waals surface area (Å²) in [7, 11) is 4.90. The van der Waals surface area contributed by atoms with Gasteiger partial charge in [0.15, 0.2) is 5.82 Å². The third-order valence-corrected chi connectivity index (χ3v) is 10.6. The summed E-state index contributed by atoms with van der Waals surface area (Å²) in [5.74, 6) is 0.718. The molecule has 3 heterocycles. The number of piperazine rings is 1. The molecule has 274 valence electrons. The molecule has 1 aliphatic rings. The number of likely N-dealkylation sites (N-methyl/N-ethyl adjacent to an activating group) is 1. The molecule has 1 N–H and O–H groups in total. The van der Waals surface area contributed by atoms with Crippen LogP contribution in [0.25, 0.3) is 22.4 Å². The number of aromatic nitrogens is 4. The molecule has 0 aliphatic carbocycles. The zero-order valence-corrected chi connectivity index (χ0v) is 32.4. The maximum absolute atomic E-state index is 13.3. The van der Waals surface area contributed by atoms with Crippen LogP contribution in [-0.4, -0.2) is 130 Å². The Morgan fingerprint density at radius 3 is 2.24 bits per heavy atom. The molecule has 2 aromatic carbocycles. The highest BCUT2D eigenvalue weighted by molar-refractivity contribution is 8.32. The molecule has 0 radical (unpaired) electrons. The number of rotatable bonds is 12. The van der Waals surface area contributed by atoms with Crippen molar-refractivity contribution in [1.29, 1.82) is 0 Å². The number of benzene rings is 2. The molecule has 0 atom stereocenters. The van der Waals surface area contributed by atoms with Crippen molar-refractivity contribution in [2.75, 3.05) is 83.3 Å². The molecule has 0 spiro atoms. The number of imidazole rings is 1. The number of carbonyl (C=O) groups is 3. The fourth-order valence-corrected chi connectivity index (χ4v) is 6.93. The molecule has 0 unspecified atom stereocenters. The van der Waals surface area contributed by atoms with Crippen molar-refractivity contribution in [2.24, 2.45) is 7.05 Å². The number of amides is 3. The quantitative estimate of drug-likeness (QED) is 0.204. The summed E-state index contributed by atoms with van der Waals surface area (Å²) in [6, 6.07) is 13.0. The predicted octanol–water partition coefficient (Wildman–Crippen LogP) is 4.99. The Labute approximate surface area is 307 Å². The standard InChI is InChI=1S/C37H49ClN8O4S/c1-25-34(26(2)46(41-25)24-50-19-20-51(6,7)8)28-11-9-27(10-12-28)32-22-39-35(43(32)5)36(48)40-29-13-14-30(31(38)21-29)37(49)45-17-15-44(16-18-45)33(47)23-42(3)4/h9-14,21-22H,15-20,23-24H2,1-8H3,(H,40,48). The van der Waals surface area contributed by atoms with Gasteiger partial charge in [0.2, 0.25) is 5.91 Å². The van der Waals surface area contributed by atoms with Crippen molar-refractivity contribution in [3.05, 3.63) is 76.5 Å². The van der Waals surface area contributed by atoms with Gasteiger partial charge in [0.05, 0.1) is 41.3 Å². The fourth-order valence-electron chi connectivity index (χ4n) is 6.05. The first-order chi connectivity index (χ1) is 24.1. The molecule has 1 saturated heterocycles. The van der Waals surface area contributed by atoms with Crippen LogP contribution in [-0.2, 0) is 23.3 Å². The van der Waals surface area contributed by atoms with Crippen LogP contribution in [0.2, 0.25) is 5.02 Å². The fraction of sp³-hybridized carbons (Fsp3) is 0.432. The van der Waals surface area contributed by atoms with Gasteiger partial charge in [0.25, 0.3) is 11.8 Å². The summed E-state index contributed by atoms with van der Waals surface area (Å²) in [6.07, 6.45) is 8.54. The zero-order chi connectivity index (χ0) is 37.0. The van der Waals surface area contributed by atoms with E-state index >= 15 is 0 Å². The molecule has 14 heteroatoms. The molecule has 0 saturated carbocycles. The molecule has 5 rings (SSSR count). The topological polar surface area (TPSA) is 118 Å². The molecule has 1 aliphatic heterocycles. The minimum Gasteiger partial charge on any atom is -0.358 e. The van der Waals surface area contributed by atoms with Crippen LogP contribution in [0.15, 0.2) is 48.7 Å². The second-order valence-corrected chi connectivity index (χ2v) is 19.0. The second-order valence-electron chi connectivity index (χ2n) is 14.0. The summed E-state index contributed by atoms with van der Waals surface area (Å²) in [4.78, 5) is 48.6. The Balaban J connectivity index is 1.20. The van der Waals surface area contributed by atoms with Gasteiger partial charge in [-0.3, -0.25) is 14.4 Å². The number of hydrogen-bond donors (Lipinski definition) is 1. The summed E-state index contributed by atoms with van der Waals surface area (Å²) in [6.45, 7) is 7.34. The smallest absolute Gasteiger partial charge is 0.291 e. The van der Waals surface area contributed by atoms with Crippen LogP contribution in [0, 0.1) is 13.8 Å². The lowest BCUT2D eigenvalue weighted by Crippen LogP contribution is -2.52. The molecule has 1 fully saturated rings. The third-order valence-electron chi connectivity index (χ3n) is 8.92. The normalized spacial score (nSPS) is 13.9. The molecular weight excluding hydrogens is 688 g/mol. The largest absolute Gasteiger partial charge is 0.358 e. The number of aryl methyl sites for hydroxylation is 1. The van der Waals surface area contributed by atoms with E-state index in [1.807, 2.05) is 42.7 Å². The summed E-state index contributed by atoms with van der Waals surface area (Å²) >= 11 is 6.55. The third kappa shape index (κ3) is 9.20. The Kier molecular flexibility index (Phi) is 12.0. The van der Waals surface area contributed by atoms with Gasteiger partial charge >= 0.3 is 0 Å².